The van der Waals surface area contributed by atoms with Crippen molar-refractivity contribution in [3.8, 4) is 5.75 Å². The third-order valence-corrected chi connectivity index (χ3v) is 3.90. The van der Waals surface area contributed by atoms with Gasteiger partial charge in [-0.1, -0.05) is 11.3 Å². The summed E-state index contributed by atoms with van der Waals surface area (Å²) in [5, 5.41) is 3.21. The lowest BCUT2D eigenvalue weighted by atomic mass is 10.3. The van der Waals surface area contributed by atoms with Gasteiger partial charge in [0.15, 0.2) is 5.13 Å². The molecule has 7 nitrogen and oxygen atoms in total. The minimum Gasteiger partial charge on any atom is -0.494 e. The van der Waals surface area contributed by atoms with Crippen LogP contribution in [0.4, 0.5) is 5.13 Å². The van der Waals surface area contributed by atoms with Crippen molar-refractivity contribution in [2.24, 2.45) is 0 Å². The fourth-order valence-electron chi connectivity index (χ4n) is 1.96. The van der Waals surface area contributed by atoms with Gasteiger partial charge in [-0.3, -0.25) is 25.8 Å². The summed E-state index contributed by atoms with van der Waals surface area (Å²) in [7, 11) is 0. The Morgan fingerprint density at radius 2 is 2.32 bits per heavy atom. The van der Waals surface area contributed by atoms with Gasteiger partial charge < -0.3 is 4.74 Å². The third-order valence-electron chi connectivity index (χ3n) is 2.96. The van der Waals surface area contributed by atoms with E-state index in [0.29, 0.717) is 17.4 Å². The molecule has 22 heavy (non-hydrogen) atoms. The number of aromatic nitrogens is 1. The number of thiazole rings is 1. The molecule has 2 aromatic rings. The van der Waals surface area contributed by atoms with Gasteiger partial charge in [-0.25, -0.2) is 4.98 Å². The predicted molar refractivity (Wildman–Crippen MR) is 83.4 cm³/mol. The summed E-state index contributed by atoms with van der Waals surface area (Å²) in [6.07, 6.45) is 1.71. The monoisotopic (exact) mass is 318 g/mol. The van der Waals surface area contributed by atoms with Gasteiger partial charge in [0.1, 0.15) is 11.4 Å². The molecule has 0 fully saturated rings. The summed E-state index contributed by atoms with van der Waals surface area (Å²) in [6.45, 7) is 2.52. The number of rotatable bonds is 4. The van der Waals surface area contributed by atoms with Gasteiger partial charge >= 0.3 is 0 Å². The van der Waals surface area contributed by atoms with Crippen molar-refractivity contribution in [1.29, 1.82) is 0 Å². The molecule has 0 spiro atoms. The first-order chi connectivity index (χ1) is 10.7. The topological polar surface area (TPSA) is 92.3 Å². The molecule has 0 unspecified atom stereocenters. The number of hydrogen-bond acceptors (Lipinski definition) is 6. The number of anilines is 1. The molecule has 0 bridgehead atoms. The maximum Gasteiger partial charge on any atom is 0.274 e. The van der Waals surface area contributed by atoms with Crippen LogP contribution in [0.3, 0.4) is 0 Å². The van der Waals surface area contributed by atoms with Crippen molar-refractivity contribution in [3.63, 3.8) is 0 Å². The van der Waals surface area contributed by atoms with Gasteiger partial charge in [-0.2, -0.15) is 0 Å². The van der Waals surface area contributed by atoms with E-state index in [1.165, 1.54) is 17.4 Å². The van der Waals surface area contributed by atoms with Gasteiger partial charge in [0.05, 0.1) is 16.8 Å². The van der Waals surface area contributed by atoms with Gasteiger partial charge in [-0.05, 0) is 31.2 Å². The average Bonchev–Trinajstić information content (AvgIpc) is 2.89. The summed E-state index contributed by atoms with van der Waals surface area (Å²) in [4.78, 5) is 27.4. The lowest BCUT2D eigenvalue weighted by Crippen LogP contribution is -2.43. The Morgan fingerprint density at radius 1 is 1.45 bits per heavy atom. The highest BCUT2D eigenvalue weighted by molar-refractivity contribution is 7.22. The smallest absolute Gasteiger partial charge is 0.274 e. The molecule has 1 aliphatic rings. The van der Waals surface area contributed by atoms with E-state index in [-0.39, 0.29) is 18.2 Å². The summed E-state index contributed by atoms with van der Waals surface area (Å²) in [5.41, 5.74) is 6.04. The number of nitrogens with one attached hydrogen (secondary N) is 3. The number of carbonyl (C=O) groups excluding carboxylic acids is 2. The maximum atomic E-state index is 12.1. The number of benzene rings is 1. The number of fused-ring (bicyclic) bond motifs is 1. The molecule has 114 valence electrons. The zero-order valence-electron chi connectivity index (χ0n) is 11.8. The second-order valence-electron chi connectivity index (χ2n) is 4.53. The largest absolute Gasteiger partial charge is 0.494 e. The second-order valence-corrected chi connectivity index (χ2v) is 5.56. The molecule has 0 saturated carbocycles. The molecule has 2 heterocycles. The molecule has 0 atom stereocenters. The second kappa shape index (κ2) is 6.02. The third kappa shape index (κ3) is 3.01. The highest BCUT2D eigenvalue weighted by Crippen LogP contribution is 2.29. The Bertz CT molecular complexity index is 769. The molecule has 8 heteroatoms. The van der Waals surface area contributed by atoms with Crippen LogP contribution in [0.2, 0.25) is 0 Å². The number of amides is 2. The highest BCUT2D eigenvalue weighted by Gasteiger charge is 2.16. The number of ether oxygens (including phenoxy) is 1. The molecule has 0 aliphatic carbocycles. The summed E-state index contributed by atoms with van der Waals surface area (Å²) >= 11 is 1.36. The van der Waals surface area contributed by atoms with Crippen LogP contribution in [0, 0.1) is 0 Å². The van der Waals surface area contributed by atoms with E-state index >= 15 is 0 Å². The Kier molecular flexibility index (Phi) is 3.92. The molecule has 1 aromatic heterocycles. The van der Waals surface area contributed by atoms with Crippen molar-refractivity contribution < 1.29 is 14.3 Å². The molecule has 3 rings (SSSR count). The zero-order chi connectivity index (χ0) is 15.5. The van der Waals surface area contributed by atoms with Crippen molar-refractivity contribution in [3.05, 3.63) is 30.0 Å². The van der Waals surface area contributed by atoms with E-state index in [4.69, 9.17) is 4.74 Å². The van der Waals surface area contributed by atoms with Crippen molar-refractivity contribution >= 4 is 38.5 Å². The van der Waals surface area contributed by atoms with E-state index in [9.17, 15) is 9.59 Å². The van der Waals surface area contributed by atoms with Crippen LogP contribution in [0.15, 0.2) is 30.0 Å². The molecule has 0 saturated heterocycles. The van der Waals surface area contributed by atoms with Gasteiger partial charge in [0.2, 0.25) is 5.91 Å². The Morgan fingerprint density at radius 3 is 3.05 bits per heavy atom. The van der Waals surface area contributed by atoms with E-state index in [1.807, 2.05) is 25.1 Å². The van der Waals surface area contributed by atoms with E-state index in [2.05, 4.69) is 21.2 Å². The summed E-state index contributed by atoms with van der Waals surface area (Å²) < 4.78 is 6.37. The lowest BCUT2D eigenvalue weighted by Gasteiger charge is -2.15. The molecule has 3 N–H and O–H groups in total. The number of hydrogen-bond donors (Lipinski definition) is 3. The molecule has 2 amide bonds. The first-order valence-electron chi connectivity index (χ1n) is 6.75. The van der Waals surface area contributed by atoms with Crippen LogP contribution in [0.1, 0.15) is 13.3 Å². The van der Waals surface area contributed by atoms with Crippen LogP contribution in [0.5, 0.6) is 5.75 Å². The summed E-state index contributed by atoms with van der Waals surface area (Å²) in [5.74, 6) is 0.250. The first kappa shape index (κ1) is 14.3. The van der Waals surface area contributed by atoms with Crippen molar-refractivity contribution in [2.45, 2.75) is 13.3 Å². The Hall–Kier alpha value is -2.61. The predicted octanol–water partition coefficient (Wildman–Crippen LogP) is 1.54. The van der Waals surface area contributed by atoms with Crippen LogP contribution < -0.4 is 20.9 Å². The number of nitrogens with zero attached hydrogens (tertiary/aromatic N) is 1. The molecule has 0 radical (unpaired) electrons. The van der Waals surface area contributed by atoms with Gasteiger partial charge in [0, 0.05) is 6.42 Å². The van der Waals surface area contributed by atoms with Gasteiger partial charge in [0.25, 0.3) is 5.91 Å². The quantitative estimate of drug-likeness (QED) is 0.795. The van der Waals surface area contributed by atoms with E-state index in [1.54, 1.807) is 0 Å². The normalized spacial score (nSPS) is 14.0. The lowest BCUT2D eigenvalue weighted by molar-refractivity contribution is -0.121. The minimum absolute atomic E-state index is 0.174. The molecule has 1 aromatic carbocycles. The summed E-state index contributed by atoms with van der Waals surface area (Å²) in [6, 6.07) is 5.59. The Balaban J connectivity index is 1.76. The first-order valence-corrected chi connectivity index (χ1v) is 7.57. The van der Waals surface area contributed by atoms with Crippen LogP contribution in [-0.4, -0.2) is 23.4 Å². The van der Waals surface area contributed by atoms with Crippen molar-refractivity contribution in [2.75, 3.05) is 11.9 Å². The zero-order valence-corrected chi connectivity index (χ0v) is 12.6. The van der Waals surface area contributed by atoms with Crippen LogP contribution in [-0.2, 0) is 9.59 Å². The molecular formula is C14H14N4O3S. The molecule has 1 aliphatic heterocycles. The minimum atomic E-state index is -0.343. The van der Waals surface area contributed by atoms with Gasteiger partial charge in [-0.15, -0.1) is 0 Å². The fraction of sp³-hybridized carbons (Fsp3) is 0.214. The molecular weight excluding hydrogens is 304 g/mol. The number of hydrazine groups is 1. The Labute approximate surface area is 130 Å². The SMILES string of the molecule is CCOc1ccc2nc(NC(=O)C3=CCC(=O)NN3)sc2c1. The van der Waals surface area contributed by atoms with Crippen molar-refractivity contribution in [1.82, 2.24) is 15.8 Å². The van der Waals surface area contributed by atoms with Crippen LogP contribution >= 0.6 is 11.3 Å². The average molecular weight is 318 g/mol. The van der Waals surface area contributed by atoms with Crippen LogP contribution in [0.25, 0.3) is 10.2 Å². The maximum absolute atomic E-state index is 12.1. The van der Waals surface area contributed by atoms with E-state index < -0.39 is 0 Å². The number of carbonyl (C=O) groups is 2. The van der Waals surface area contributed by atoms with E-state index in [0.717, 1.165) is 16.0 Å². The fourth-order valence-corrected chi connectivity index (χ4v) is 2.85. The standard InChI is InChI=1S/C14H14N4O3S/c1-2-21-8-3-4-9-11(7-8)22-14(15-9)16-13(20)10-5-6-12(19)18-17-10/h3-5,7,17H,2,6H2,1H3,(H,18,19)(H,15,16,20). The highest BCUT2D eigenvalue weighted by atomic mass is 32.1.